The van der Waals surface area contributed by atoms with E-state index in [1.807, 2.05) is 0 Å². The van der Waals surface area contributed by atoms with E-state index in [2.05, 4.69) is 0 Å². The molecule has 0 spiro atoms. The van der Waals surface area contributed by atoms with Crippen molar-refractivity contribution < 1.29 is 8.27 Å². The first-order valence-corrected chi connectivity index (χ1v) is 4.41. The van der Waals surface area contributed by atoms with Crippen LogP contribution in [-0.4, -0.2) is 39.8 Å². The number of hydrogen-bond acceptors (Lipinski definition) is 2. The van der Waals surface area contributed by atoms with Crippen molar-refractivity contribution in [3.8, 4) is 0 Å². The quantitative estimate of drug-likeness (QED) is 0.358. The summed E-state index contributed by atoms with van der Waals surface area (Å²) in [5, 5.41) is 0. The van der Waals surface area contributed by atoms with Gasteiger partial charge in [0.15, 0.2) is 17.4 Å². The molecular formula is H4Al2O2Si. The Labute approximate surface area is 48.3 Å². The fourth-order valence-corrected chi connectivity index (χ4v) is 0. The van der Waals surface area contributed by atoms with E-state index < -0.39 is 22.5 Å². The third-order valence-electron chi connectivity index (χ3n) is 0.0556. The molecule has 0 amide bonds. The van der Waals surface area contributed by atoms with Crippen molar-refractivity contribution in [2.24, 2.45) is 0 Å². The SMILES string of the molecule is [AlH3].[O]=[Al][SiH]=O. The fraction of sp³-hybridized carbons (Fsp3) is 0. The van der Waals surface area contributed by atoms with Crippen LogP contribution in [0.25, 0.3) is 0 Å². The average molecular weight is 118 g/mol. The summed E-state index contributed by atoms with van der Waals surface area (Å²) in [6.45, 7) is 0. The van der Waals surface area contributed by atoms with Gasteiger partial charge >= 0.3 is 30.7 Å². The van der Waals surface area contributed by atoms with E-state index in [0.717, 1.165) is 0 Å². The molecule has 0 aromatic rings. The van der Waals surface area contributed by atoms with Gasteiger partial charge in [-0.15, -0.1) is 0 Å². The van der Waals surface area contributed by atoms with Gasteiger partial charge in [0, 0.05) is 0 Å². The van der Waals surface area contributed by atoms with Crippen molar-refractivity contribution in [1.82, 2.24) is 0 Å². The Bertz CT molecular complexity index is 28.6. The van der Waals surface area contributed by atoms with Crippen LogP contribution in [0, 0.1) is 0 Å². The summed E-state index contributed by atoms with van der Waals surface area (Å²) in [4.78, 5) is 0. The van der Waals surface area contributed by atoms with Gasteiger partial charge in [-0.25, -0.2) is 0 Å². The van der Waals surface area contributed by atoms with E-state index in [-0.39, 0.29) is 17.4 Å². The Morgan fingerprint density at radius 3 is 1.80 bits per heavy atom. The van der Waals surface area contributed by atoms with Gasteiger partial charge in [-0.05, 0) is 0 Å². The van der Waals surface area contributed by atoms with E-state index >= 15 is 0 Å². The van der Waals surface area contributed by atoms with Gasteiger partial charge in [0.2, 0.25) is 0 Å². The summed E-state index contributed by atoms with van der Waals surface area (Å²) in [7, 11) is -0.940. The van der Waals surface area contributed by atoms with Crippen molar-refractivity contribution in [1.29, 1.82) is 0 Å². The second-order valence-electron chi connectivity index (χ2n) is 0.272. The fourth-order valence-electron chi connectivity index (χ4n) is 0. The molecule has 2 nitrogen and oxygen atoms in total. The molecule has 5 heavy (non-hydrogen) atoms. The van der Waals surface area contributed by atoms with Crippen LogP contribution in [0.3, 0.4) is 0 Å². The zero-order valence-corrected chi connectivity index (χ0v) is 4.28. The Morgan fingerprint density at radius 1 is 1.60 bits per heavy atom. The van der Waals surface area contributed by atoms with E-state index in [4.69, 9.17) is 8.27 Å². The molecule has 0 aromatic carbocycles. The average Bonchev–Trinajstić information content (AvgIpc) is 1.37. The van der Waals surface area contributed by atoms with E-state index in [9.17, 15) is 0 Å². The normalized spacial score (nSPS) is 3.20. The molecule has 0 radical (unpaired) electrons. The summed E-state index contributed by atoms with van der Waals surface area (Å²) < 4.78 is 18.2. The molecule has 0 aliphatic heterocycles. The van der Waals surface area contributed by atoms with Gasteiger partial charge in [-0.3, -0.25) is 0 Å². The predicted octanol–water partition coefficient (Wildman–Crippen LogP) is -2.45. The summed E-state index contributed by atoms with van der Waals surface area (Å²) in [5.41, 5.74) is 0. The molecular weight excluding hydrogens is 114 g/mol. The van der Waals surface area contributed by atoms with Crippen LogP contribution < -0.4 is 0 Å². The van der Waals surface area contributed by atoms with Gasteiger partial charge < -0.3 is 0 Å². The standard InChI is InChI=1S/2Al.HOSi.O.3H/c;;1-2;;;;/h;;2H;;;;. The van der Waals surface area contributed by atoms with Crippen molar-refractivity contribution in [2.75, 3.05) is 0 Å². The molecule has 0 rings (SSSR count). The molecule has 0 bridgehead atoms. The second-order valence-corrected chi connectivity index (χ2v) is 2.45. The van der Waals surface area contributed by atoms with Crippen LogP contribution in [0.2, 0.25) is 0 Å². The van der Waals surface area contributed by atoms with Crippen LogP contribution in [0.15, 0.2) is 0 Å². The van der Waals surface area contributed by atoms with Crippen LogP contribution in [0.5, 0.6) is 0 Å². The molecule has 0 aliphatic carbocycles. The van der Waals surface area contributed by atoms with Crippen molar-refractivity contribution in [3.05, 3.63) is 0 Å². The van der Waals surface area contributed by atoms with Gasteiger partial charge in [0.1, 0.15) is 0 Å². The molecule has 0 saturated carbocycles. The third-order valence-corrected chi connectivity index (χ3v) is 0.500. The third kappa shape index (κ3) is 11.4. The van der Waals surface area contributed by atoms with Crippen LogP contribution in [-0.2, 0) is 8.27 Å². The first-order valence-electron chi connectivity index (χ1n) is 0.805. The topological polar surface area (TPSA) is 34.1 Å². The van der Waals surface area contributed by atoms with Crippen LogP contribution in [0.1, 0.15) is 0 Å². The Balaban J connectivity index is 0. The van der Waals surface area contributed by atoms with Crippen LogP contribution in [0.4, 0.5) is 0 Å². The predicted molar refractivity (Wildman–Crippen MR) is 24.2 cm³/mol. The van der Waals surface area contributed by atoms with Gasteiger partial charge in [0.25, 0.3) is 0 Å². The molecule has 26 valence electrons. The Kier molecular flexibility index (Phi) is 16.5. The van der Waals surface area contributed by atoms with Crippen molar-refractivity contribution >= 4 is 39.8 Å². The molecule has 0 atom stereocenters. The first-order chi connectivity index (χ1) is 1.91. The van der Waals surface area contributed by atoms with E-state index in [1.54, 1.807) is 0 Å². The molecule has 0 fully saturated rings. The van der Waals surface area contributed by atoms with Gasteiger partial charge in [-0.2, -0.15) is 0 Å². The minimum atomic E-state index is -0.940. The molecule has 0 aromatic heterocycles. The molecule has 0 N–H and O–H groups in total. The maximum absolute atomic E-state index is 9.11. The minimum absolute atomic E-state index is 0. The van der Waals surface area contributed by atoms with E-state index in [1.165, 1.54) is 0 Å². The van der Waals surface area contributed by atoms with Gasteiger partial charge in [0.05, 0.1) is 0 Å². The summed E-state index contributed by atoms with van der Waals surface area (Å²) in [5.74, 6) is 0. The zero-order valence-electron chi connectivity index (χ0n) is 1.97. The summed E-state index contributed by atoms with van der Waals surface area (Å²) in [6.07, 6.45) is 0. The molecule has 0 aliphatic rings. The van der Waals surface area contributed by atoms with Gasteiger partial charge in [-0.1, -0.05) is 0 Å². The summed E-state index contributed by atoms with van der Waals surface area (Å²) in [6, 6.07) is 0. The Morgan fingerprint density at radius 2 is 1.80 bits per heavy atom. The Hall–Kier alpha value is 0.882. The number of hydrogen-bond donors (Lipinski definition) is 0. The zero-order chi connectivity index (χ0) is 3.41. The van der Waals surface area contributed by atoms with E-state index in [0.29, 0.717) is 0 Å². The molecule has 0 heterocycles. The van der Waals surface area contributed by atoms with Crippen LogP contribution >= 0.6 is 0 Å². The first kappa shape index (κ1) is 9.30. The number of rotatable bonds is 1. The van der Waals surface area contributed by atoms with Crippen molar-refractivity contribution in [2.45, 2.75) is 0 Å². The van der Waals surface area contributed by atoms with Crippen molar-refractivity contribution in [3.63, 3.8) is 0 Å². The molecule has 0 unspecified atom stereocenters. The monoisotopic (exact) mass is 118 g/mol. The molecule has 5 heteroatoms. The second kappa shape index (κ2) is 8.86. The molecule has 0 saturated heterocycles. The maximum atomic E-state index is 9.11. The summed E-state index contributed by atoms with van der Waals surface area (Å²) >= 11 is -0.940.